The van der Waals surface area contributed by atoms with Crippen molar-refractivity contribution in [3.63, 3.8) is 0 Å². The Morgan fingerprint density at radius 3 is 2.89 bits per heavy atom. The van der Waals surface area contributed by atoms with Crippen LogP contribution in [-0.2, 0) is 14.2 Å². The van der Waals surface area contributed by atoms with Gasteiger partial charge >= 0.3 is 36.7 Å². The fourth-order valence-electron chi connectivity index (χ4n) is 1.60. The average molecular weight is 295 g/mol. The largest absolute Gasteiger partial charge is 1.00 e. The summed E-state index contributed by atoms with van der Waals surface area (Å²) in [5, 5.41) is 22.8. The minimum absolute atomic E-state index is 0. The summed E-state index contributed by atoms with van der Waals surface area (Å²) in [6.07, 6.45) is 4.39. The molecule has 100 valence electrons. The predicted molar refractivity (Wildman–Crippen MR) is 66.5 cm³/mol. The maximum Gasteiger partial charge on any atom is 1.00 e. The van der Waals surface area contributed by atoms with Gasteiger partial charge in [0.25, 0.3) is 0 Å². The summed E-state index contributed by atoms with van der Waals surface area (Å²) >= 11 is 1.38. The van der Waals surface area contributed by atoms with Gasteiger partial charge in [0, 0.05) is 12.4 Å². The summed E-state index contributed by atoms with van der Waals surface area (Å²) < 4.78 is 5.14. The van der Waals surface area contributed by atoms with Gasteiger partial charge in [-0.1, -0.05) is 12.2 Å². The second-order valence-electron chi connectivity index (χ2n) is 3.91. The van der Waals surface area contributed by atoms with E-state index in [1.54, 1.807) is 18.4 Å². The summed E-state index contributed by atoms with van der Waals surface area (Å²) in [6, 6.07) is 0. The van der Waals surface area contributed by atoms with E-state index in [4.69, 9.17) is 4.65 Å². The number of aliphatic carboxylic acids is 1. The van der Waals surface area contributed by atoms with Crippen LogP contribution in [0.3, 0.4) is 0 Å². The van der Waals surface area contributed by atoms with E-state index in [1.807, 2.05) is 0 Å². The molecule has 0 aliphatic carbocycles. The topological polar surface area (TPSA) is 98.7 Å². The van der Waals surface area contributed by atoms with Crippen LogP contribution in [0, 0.1) is 0 Å². The third-order valence-corrected chi connectivity index (χ3v) is 2.94. The Kier molecular flexibility index (Phi) is 9.85. The van der Waals surface area contributed by atoms with E-state index < -0.39 is 25.1 Å². The molecule has 1 heterocycles. The zero-order chi connectivity index (χ0) is 13.5. The molecule has 1 aliphatic heterocycles. The Balaban J connectivity index is 0.00000324. The van der Waals surface area contributed by atoms with Crippen molar-refractivity contribution in [3.05, 3.63) is 12.2 Å². The molecule has 0 aromatic carbocycles. The SMILES string of the molecule is CSCC(=O)N[C@H]1CC=C[C@H](CC(=O)[O-])OB1O.[Na+]. The third-order valence-electron chi connectivity index (χ3n) is 2.39. The number of carboxylic acid groups (broad SMARTS) is 1. The molecule has 6 nitrogen and oxygen atoms in total. The number of thioether (sulfide) groups is 1. The van der Waals surface area contributed by atoms with Crippen LogP contribution in [0.1, 0.15) is 12.8 Å². The Morgan fingerprint density at radius 1 is 1.63 bits per heavy atom. The van der Waals surface area contributed by atoms with Crippen molar-refractivity contribution < 1.29 is 53.9 Å². The first kappa shape index (κ1) is 19.0. The van der Waals surface area contributed by atoms with Gasteiger partial charge in [0.2, 0.25) is 5.91 Å². The van der Waals surface area contributed by atoms with E-state index in [1.165, 1.54) is 11.8 Å². The smallest absolute Gasteiger partial charge is 0.550 e. The molecule has 1 rings (SSSR count). The Hall–Kier alpha value is 0.0149. The van der Waals surface area contributed by atoms with Crippen molar-refractivity contribution in [1.29, 1.82) is 0 Å². The van der Waals surface area contributed by atoms with E-state index in [0.29, 0.717) is 12.2 Å². The van der Waals surface area contributed by atoms with Crippen molar-refractivity contribution in [1.82, 2.24) is 5.32 Å². The van der Waals surface area contributed by atoms with Crippen LogP contribution < -0.4 is 40.0 Å². The molecule has 2 N–H and O–H groups in total. The zero-order valence-electron chi connectivity index (χ0n) is 11.0. The van der Waals surface area contributed by atoms with E-state index in [0.717, 1.165) is 0 Å². The first-order valence-electron chi connectivity index (χ1n) is 5.51. The summed E-state index contributed by atoms with van der Waals surface area (Å²) in [5.74, 6) is -1.70. The van der Waals surface area contributed by atoms with Gasteiger partial charge in [0.1, 0.15) is 0 Å². The molecule has 0 spiro atoms. The van der Waals surface area contributed by atoms with Crippen molar-refractivity contribution in [2.45, 2.75) is 24.9 Å². The first-order chi connectivity index (χ1) is 8.52. The molecule has 2 atom stereocenters. The Labute approximate surface area is 138 Å². The van der Waals surface area contributed by atoms with Gasteiger partial charge in [-0.25, -0.2) is 0 Å². The van der Waals surface area contributed by atoms with E-state index in [-0.39, 0.29) is 41.9 Å². The summed E-state index contributed by atoms with van der Waals surface area (Å²) in [7, 11) is -1.23. The summed E-state index contributed by atoms with van der Waals surface area (Å²) in [4.78, 5) is 21.9. The monoisotopic (exact) mass is 295 g/mol. The molecule has 1 aliphatic rings. The van der Waals surface area contributed by atoms with E-state index in [9.17, 15) is 19.7 Å². The molecule has 0 fully saturated rings. The molecule has 9 heteroatoms. The first-order valence-corrected chi connectivity index (χ1v) is 6.90. The number of rotatable bonds is 5. The molecule has 0 radical (unpaired) electrons. The van der Waals surface area contributed by atoms with Crippen LogP contribution in [0.4, 0.5) is 0 Å². The number of carbonyl (C=O) groups is 2. The van der Waals surface area contributed by atoms with Gasteiger partial charge in [-0.2, -0.15) is 11.8 Å². The second-order valence-corrected chi connectivity index (χ2v) is 4.78. The second kappa shape index (κ2) is 9.85. The maximum atomic E-state index is 11.4. The van der Waals surface area contributed by atoms with Crippen molar-refractivity contribution in [3.8, 4) is 0 Å². The van der Waals surface area contributed by atoms with E-state index in [2.05, 4.69) is 5.32 Å². The molecule has 1 amide bonds. The van der Waals surface area contributed by atoms with Crippen LogP contribution in [0.5, 0.6) is 0 Å². The number of hydrogen-bond donors (Lipinski definition) is 2. The van der Waals surface area contributed by atoms with Gasteiger partial charge in [-0.3, -0.25) is 4.79 Å². The van der Waals surface area contributed by atoms with Crippen LogP contribution in [0.15, 0.2) is 12.2 Å². The quantitative estimate of drug-likeness (QED) is 0.391. The molecule has 19 heavy (non-hydrogen) atoms. The number of amides is 1. The fourth-order valence-corrected chi connectivity index (χ4v) is 1.95. The molecule has 0 saturated heterocycles. The number of hydrogen-bond acceptors (Lipinski definition) is 6. The number of carbonyl (C=O) groups excluding carboxylic acids is 2. The van der Waals surface area contributed by atoms with Gasteiger partial charge in [-0.15, -0.1) is 0 Å². The summed E-state index contributed by atoms with van der Waals surface area (Å²) in [6.45, 7) is 0. The number of carboxylic acids is 1. The molecular formula is C10H15BNNaO5S. The Morgan fingerprint density at radius 2 is 2.32 bits per heavy atom. The molecule has 0 aromatic rings. The van der Waals surface area contributed by atoms with Crippen molar-refractivity contribution in [2.24, 2.45) is 0 Å². The molecule has 0 aromatic heterocycles. The third kappa shape index (κ3) is 7.38. The molecule has 0 bridgehead atoms. The normalized spacial score (nSPS) is 22.3. The fraction of sp³-hybridized carbons (Fsp3) is 0.600. The average Bonchev–Trinajstić information content (AvgIpc) is 2.41. The standard InChI is InChI=1S/C10H16BNO5S.Na/c1-18-6-9(13)12-8-4-2-3-7(5-10(14)15)17-11(8)16;/h2-3,7-8,16H,4-6H2,1H3,(H,12,13)(H,14,15);/q;+1/p-1/t7-,8+;/m1./s1. The van der Waals surface area contributed by atoms with Crippen molar-refractivity contribution >= 4 is 30.8 Å². The van der Waals surface area contributed by atoms with Crippen molar-refractivity contribution in [2.75, 3.05) is 12.0 Å². The minimum Gasteiger partial charge on any atom is -0.550 e. The van der Waals surface area contributed by atoms with Gasteiger partial charge < -0.3 is 24.9 Å². The molecular weight excluding hydrogens is 280 g/mol. The minimum atomic E-state index is -1.25. The predicted octanol–water partition coefficient (Wildman–Crippen LogP) is -4.66. The Bertz CT molecular complexity index is 344. The molecule has 0 unspecified atom stereocenters. The zero-order valence-corrected chi connectivity index (χ0v) is 13.8. The van der Waals surface area contributed by atoms with Gasteiger partial charge in [0.15, 0.2) is 0 Å². The molecule has 0 saturated carbocycles. The van der Waals surface area contributed by atoms with Gasteiger partial charge in [-0.05, 0) is 12.7 Å². The van der Waals surface area contributed by atoms with E-state index >= 15 is 0 Å². The number of nitrogens with one attached hydrogen (secondary N) is 1. The maximum absolute atomic E-state index is 11.4. The van der Waals surface area contributed by atoms with Crippen LogP contribution in [0.25, 0.3) is 0 Å². The van der Waals surface area contributed by atoms with Crippen LogP contribution in [-0.4, -0.2) is 48.1 Å². The van der Waals surface area contributed by atoms with Gasteiger partial charge in [0.05, 0.1) is 17.8 Å². The van der Waals surface area contributed by atoms with Crippen LogP contribution in [0.2, 0.25) is 0 Å². The van der Waals surface area contributed by atoms with Crippen LogP contribution >= 0.6 is 11.8 Å². The summed E-state index contributed by atoms with van der Waals surface area (Å²) in [5.41, 5.74) is 0.